The average Bonchev–Trinajstić information content (AvgIpc) is 3.38. The van der Waals surface area contributed by atoms with Crippen LogP contribution in [0.2, 0.25) is 0 Å². The van der Waals surface area contributed by atoms with E-state index >= 15 is 0 Å². The van der Waals surface area contributed by atoms with Gasteiger partial charge in [-0.15, -0.1) is 23.0 Å². The molecule has 0 saturated carbocycles. The van der Waals surface area contributed by atoms with Crippen molar-refractivity contribution in [2.45, 2.75) is 33.2 Å². The van der Waals surface area contributed by atoms with E-state index in [0.29, 0.717) is 28.8 Å². The third-order valence-corrected chi connectivity index (χ3v) is 5.81. The molecule has 1 amide bonds. The Balaban J connectivity index is 1.68. The quantitative estimate of drug-likeness (QED) is 0.450. The van der Waals surface area contributed by atoms with Gasteiger partial charge in [-0.2, -0.15) is 9.50 Å². The number of carbonyl (C=O) groups excluding carboxylic acids is 1. The number of rotatable bonds is 7. The predicted molar refractivity (Wildman–Crippen MR) is 121 cm³/mol. The standard InChI is InChI=1S/C22H22N6O2S/c1-4-12-27-15(3)17(10-11-18(29)24-21-23-14(2)13-31-21)20(30)28-22(27)25-19(26-28)16-8-6-5-7-9-16/h4-9,13H,1,10-12H2,2-3H3,(H,23,24,29). The first kappa shape index (κ1) is 20.7. The van der Waals surface area contributed by atoms with Crippen LogP contribution < -0.4 is 10.9 Å². The maximum atomic E-state index is 13.2. The molecule has 158 valence electrons. The van der Waals surface area contributed by atoms with Crippen LogP contribution in [0.15, 0.2) is 53.2 Å². The van der Waals surface area contributed by atoms with Crippen molar-refractivity contribution in [3.8, 4) is 11.4 Å². The third-order valence-electron chi connectivity index (χ3n) is 4.93. The molecule has 0 spiro atoms. The van der Waals surface area contributed by atoms with Gasteiger partial charge in [0.15, 0.2) is 11.0 Å². The minimum Gasteiger partial charge on any atom is -0.310 e. The van der Waals surface area contributed by atoms with Crippen LogP contribution in [0, 0.1) is 13.8 Å². The van der Waals surface area contributed by atoms with Crippen LogP contribution >= 0.6 is 11.3 Å². The first-order valence-corrected chi connectivity index (χ1v) is 10.7. The van der Waals surface area contributed by atoms with Gasteiger partial charge in [0.1, 0.15) is 0 Å². The highest BCUT2D eigenvalue weighted by Crippen LogP contribution is 2.18. The van der Waals surface area contributed by atoms with Crippen LogP contribution in [0.25, 0.3) is 17.2 Å². The molecule has 0 aliphatic heterocycles. The SMILES string of the molecule is C=CCn1c(C)c(CCC(=O)Nc2nc(C)cs2)c(=O)n2nc(-c3ccccc3)nc12. The van der Waals surface area contributed by atoms with Crippen LogP contribution in [0.1, 0.15) is 23.4 Å². The molecule has 0 saturated heterocycles. The topological polar surface area (TPSA) is 94.2 Å². The summed E-state index contributed by atoms with van der Waals surface area (Å²) in [5.74, 6) is 0.740. The van der Waals surface area contributed by atoms with Gasteiger partial charge in [0.25, 0.3) is 5.56 Å². The number of allylic oxidation sites excluding steroid dienone is 1. The number of carbonyl (C=O) groups is 1. The number of hydrogen-bond donors (Lipinski definition) is 1. The lowest BCUT2D eigenvalue weighted by molar-refractivity contribution is -0.116. The maximum Gasteiger partial charge on any atom is 0.279 e. The third kappa shape index (κ3) is 4.17. The largest absolute Gasteiger partial charge is 0.310 e. The number of aryl methyl sites for hydroxylation is 1. The summed E-state index contributed by atoms with van der Waals surface area (Å²) in [7, 11) is 0. The zero-order valence-electron chi connectivity index (χ0n) is 17.3. The zero-order valence-corrected chi connectivity index (χ0v) is 18.1. The number of thiazole rings is 1. The Kier molecular flexibility index (Phi) is 5.77. The molecule has 4 aromatic rings. The minimum absolute atomic E-state index is 0.161. The van der Waals surface area contributed by atoms with Crippen molar-refractivity contribution in [1.82, 2.24) is 24.1 Å². The molecule has 1 N–H and O–H groups in total. The Morgan fingerprint density at radius 3 is 2.68 bits per heavy atom. The lowest BCUT2D eigenvalue weighted by Crippen LogP contribution is -2.27. The van der Waals surface area contributed by atoms with Crippen molar-refractivity contribution < 1.29 is 4.79 Å². The minimum atomic E-state index is -0.264. The fourth-order valence-electron chi connectivity index (χ4n) is 3.39. The highest BCUT2D eigenvalue weighted by atomic mass is 32.1. The molecule has 0 radical (unpaired) electrons. The Morgan fingerprint density at radius 1 is 1.23 bits per heavy atom. The maximum absolute atomic E-state index is 13.2. The van der Waals surface area contributed by atoms with Gasteiger partial charge in [-0.3, -0.25) is 9.59 Å². The van der Waals surface area contributed by atoms with E-state index in [1.807, 2.05) is 54.1 Å². The highest BCUT2D eigenvalue weighted by Gasteiger charge is 2.19. The van der Waals surface area contributed by atoms with E-state index in [0.717, 1.165) is 17.0 Å². The molecule has 31 heavy (non-hydrogen) atoms. The summed E-state index contributed by atoms with van der Waals surface area (Å²) in [5.41, 5.74) is 2.70. The average molecular weight is 435 g/mol. The normalized spacial score (nSPS) is 11.0. The van der Waals surface area contributed by atoms with E-state index in [1.165, 1.54) is 15.9 Å². The highest BCUT2D eigenvalue weighted by molar-refractivity contribution is 7.13. The van der Waals surface area contributed by atoms with Gasteiger partial charge in [0.05, 0.1) is 5.69 Å². The first-order valence-electron chi connectivity index (χ1n) is 9.85. The first-order chi connectivity index (χ1) is 15.0. The van der Waals surface area contributed by atoms with Crippen molar-refractivity contribution in [3.05, 3.63) is 75.7 Å². The fraction of sp³-hybridized carbons (Fsp3) is 0.227. The fourth-order valence-corrected chi connectivity index (χ4v) is 4.09. The van der Waals surface area contributed by atoms with Crippen molar-refractivity contribution in [3.63, 3.8) is 0 Å². The van der Waals surface area contributed by atoms with E-state index in [4.69, 9.17) is 0 Å². The molecule has 0 atom stereocenters. The number of benzene rings is 1. The summed E-state index contributed by atoms with van der Waals surface area (Å²) in [6.07, 6.45) is 2.19. The molecule has 0 unspecified atom stereocenters. The summed E-state index contributed by atoms with van der Waals surface area (Å²) >= 11 is 1.38. The lowest BCUT2D eigenvalue weighted by Gasteiger charge is -2.13. The number of amides is 1. The van der Waals surface area contributed by atoms with Crippen molar-refractivity contribution in [2.24, 2.45) is 0 Å². The monoisotopic (exact) mass is 434 g/mol. The number of hydrogen-bond acceptors (Lipinski definition) is 6. The molecule has 3 aromatic heterocycles. The number of aromatic nitrogens is 5. The molecule has 4 rings (SSSR count). The summed E-state index contributed by atoms with van der Waals surface area (Å²) in [5, 5.41) is 9.67. The van der Waals surface area contributed by atoms with E-state index in [-0.39, 0.29) is 24.3 Å². The van der Waals surface area contributed by atoms with Crippen LogP contribution in [0.5, 0.6) is 0 Å². The van der Waals surface area contributed by atoms with Gasteiger partial charge >= 0.3 is 0 Å². The lowest BCUT2D eigenvalue weighted by atomic mass is 10.1. The molecule has 3 heterocycles. The molecule has 8 nitrogen and oxygen atoms in total. The molecule has 0 fully saturated rings. The second-order valence-electron chi connectivity index (χ2n) is 7.12. The molecular weight excluding hydrogens is 412 g/mol. The van der Waals surface area contributed by atoms with Gasteiger partial charge < -0.3 is 9.88 Å². The van der Waals surface area contributed by atoms with Crippen LogP contribution in [0.4, 0.5) is 5.13 Å². The number of nitrogens with one attached hydrogen (secondary N) is 1. The molecular formula is C22H22N6O2S. The second-order valence-corrected chi connectivity index (χ2v) is 7.98. The van der Waals surface area contributed by atoms with E-state index in [2.05, 4.69) is 27.0 Å². The molecule has 1 aromatic carbocycles. The zero-order chi connectivity index (χ0) is 22.0. The van der Waals surface area contributed by atoms with Crippen LogP contribution in [0.3, 0.4) is 0 Å². The van der Waals surface area contributed by atoms with E-state index < -0.39 is 0 Å². The summed E-state index contributed by atoms with van der Waals surface area (Å²) in [4.78, 5) is 34.4. The van der Waals surface area contributed by atoms with Crippen molar-refractivity contribution >= 4 is 28.2 Å². The van der Waals surface area contributed by atoms with E-state index in [9.17, 15) is 9.59 Å². The van der Waals surface area contributed by atoms with Crippen LogP contribution in [-0.2, 0) is 17.8 Å². The Morgan fingerprint density at radius 2 is 2.00 bits per heavy atom. The molecule has 0 aliphatic rings. The van der Waals surface area contributed by atoms with Gasteiger partial charge in [-0.05, 0) is 20.3 Å². The molecule has 0 bridgehead atoms. The van der Waals surface area contributed by atoms with Crippen molar-refractivity contribution in [2.75, 3.05) is 5.32 Å². The Hall–Kier alpha value is -3.59. The summed E-state index contributed by atoms with van der Waals surface area (Å²) in [6.45, 7) is 8.02. The van der Waals surface area contributed by atoms with Gasteiger partial charge in [-0.1, -0.05) is 36.4 Å². The van der Waals surface area contributed by atoms with E-state index in [1.54, 1.807) is 6.08 Å². The Bertz CT molecular complexity index is 1320. The molecule has 9 heteroatoms. The van der Waals surface area contributed by atoms with Gasteiger partial charge in [0.2, 0.25) is 11.7 Å². The Labute approximate surface area is 182 Å². The van der Waals surface area contributed by atoms with Gasteiger partial charge in [0, 0.05) is 35.2 Å². The predicted octanol–water partition coefficient (Wildman–Crippen LogP) is 3.39. The molecule has 0 aliphatic carbocycles. The number of nitrogens with zero attached hydrogens (tertiary/aromatic N) is 5. The van der Waals surface area contributed by atoms with Gasteiger partial charge in [-0.25, -0.2) is 4.98 Å². The summed E-state index contributed by atoms with van der Waals surface area (Å²) in [6, 6.07) is 9.51. The smallest absolute Gasteiger partial charge is 0.279 e. The summed E-state index contributed by atoms with van der Waals surface area (Å²) < 4.78 is 3.21. The van der Waals surface area contributed by atoms with Crippen molar-refractivity contribution in [1.29, 1.82) is 0 Å². The van der Waals surface area contributed by atoms with Crippen LogP contribution in [-0.4, -0.2) is 30.1 Å². The number of fused-ring (bicyclic) bond motifs is 1. The number of anilines is 1. The second kappa shape index (κ2) is 8.65.